The number of hydrogen-bond donors (Lipinski definition) is 0. The number of rotatable bonds is 0. The fraction of sp³-hybridized carbons (Fsp3) is 0.468. The second-order valence-corrected chi connectivity index (χ2v) is 37.2. The van der Waals surface area contributed by atoms with Gasteiger partial charge >= 0.3 is 0 Å². The summed E-state index contributed by atoms with van der Waals surface area (Å²) >= 11 is 0. The molecule has 0 atom stereocenters. The van der Waals surface area contributed by atoms with Gasteiger partial charge in [0.2, 0.25) is 0 Å². The monoisotopic (exact) mass is 1730 g/mol. The summed E-state index contributed by atoms with van der Waals surface area (Å²) < 4.78 is 0. The zero-order valence-electron chi connectivity index (χ0n) is 65.9. The van der Waals surface area contributed by atoms with Crippen molar-refractivity contribution in [3.63, 3.8) is 0 Å². The number of fused-ring (bicyclic) bond motifs is 6. The minimum atomic E-state index is 0. The molecule has 6 aromatic carbocycles. The second kappa shape index (κ2) is 29.4. The zero-order chi connectivity index (χ0) is 71.0. The Morgan fingerprint density at radius 1 is 0.292 bits per heavy atom. The predicted molar refractivity (Wildman–Crippen MR) is 418 cm³/mol. The molecular weight excluding hydrogens is 1610 g/mol. The molecule has 0 fully saturated rings. The van der Waals surface area contributed by atoms with Gasteiger partial charge in [-0.05, 0) is 158 Å². The van der Waals surface area contributed by atoms with Crippen LogP contribution < -0.4 is 0 Å². The van der Waals surface area contributed by atoms with Crippen molar-refractivity contribution in [2.75, 3.05) is 0 Å². The van der Waals surface area contributed by atoms with Gasteiger partial charge in [0.1, 0.15) is 0 Å². The Balaban J connectivity index is 0.000000208. The molecule has 0 unspecified atom stereocenters. The van der Waals surface area contributed by atoms with Crippen molar-refractivity contribution in [1.29, 1.82) is 0 Å². The number of benzene rings is 6. The van der Waals surface area contributed by atoms with Gasteiger partial charge in [-0.15, -0.1) is 10.8 Å². The van der Waals surface area contributed by atoms with Crippen molar-refractivity contribution in [3.05, 3.63) is 283 Å². The summed E-state index contributed by atoms with van der Waals surface area (Å²) in [7, 11) is 0. The van der Waals surface area contributed by atoms with E-state index in [2.05, 4.69) is 343 Å². The SMILES string of the molecule is C=C1Cc2cc(C(C)(C)C)ccc2C1(C)C.C=C1Cc2cc(C(C)(C)C)ccc2C1=C.C=C1Cc2ccc(C(C)(C)C)cc2C1(C)C.C=C1Cc2ccc(C(C)(C)C)cc2C1=C.C[C-]1Cc2cc(C(C)(C)C)ccc2C1(C)C.C[C-]1Cc2ccc(C(C)(C)C)cc2C1(C)C.[U].[U]. The van der Waals surface area contributed by atoms with Gasteiger partial charge in [0.25, 0.3) is 0 Å². The van der Waals surface area contributed by atoms with Crippen LogP contribution in [0, 0.1) is 74.1 Å². The topological polar surface area (TPSA) is 0 Å². The second-order valence-electron chi connectivity index (χ2n) is 37.2. The van der Waals surface area contributed by atoms with Gasteiger partial charge in [0.05, 0.1) is 0 Å². The quantitative estimate of drug-likeness (QED) is 0.105. The maximum Gasteiger partial charge on any atom is 0.0109 e. The van der Waals surface area contributed by atoms with Gasteiger partial charge in [-0.1, -0.05) is 362 Å². The fourth-order valence-electron chi connectivity index (χ4n) is 14.0. The maximum absolute atomic E-state index is 4.21. The van der Waals surface area contributed by atoms with Crippen LogP contribution in [0.3, 0.4) is 0 Å². The molecule has 0 saturated heterocycles. The number of hydrogen-bond acceptors (Lipinski definition) is 0. The third-order valence-corrected chi connectivity index (χ3v) is 22.5. The van der Waals surface area contributed by atoms with Crippen molar-refractivity contribution >= 4 is 11.1 Å². The summed E-state index contributed by atoms with van der Waals surface area (Å²) in [6.45, 7) is 88.5. The Bertz CT molecular complexity index is 3910. The van der Waals surface area contributed by atoms with Gasteiger partial charge in [0, 0.05) is 73.1 Å². The molecule has 0 bridgehead atoms. The normalized spacial score (nSPS) is 17.8. The third-order valence-electron chi connectivity index (χ3n) is 22.5. The Labute approximate surface area is 637 Å². The summed E-state index contributed by atoms with van der Waals surface area (Å²) in [5, 5.41) is 0. The molecule has 2 heteroatoms. The molecule has 0 heterocycles. The van der Waals surface area contributed by atoms with E-state index in [1.807, 2.05) is 0 Å². The fourth-order valence-corrected chi connectivity index (χ4v) is 14.0. The maximum atomic E-state index is 4.21. The molecule has 6 aromatic rings. The van der Waals surface area contributed by atoms with Gasteiger partial charge < -0.3 is 11.8 Å². The van der Waals surface area contributed by atoms with Crippen LogP contribution in [0.1, 0.15) is 294 Å². The van der Waals surface area contributed by atoms with Crippen LogP contribution >= 0.6 is 0 Å². The summed E-state index contributed by atoms with van der Waals surface area (Å²) in [5.41, 5.74) is 35.4. The standard InChI is InChI=1S/C16H23.C16H22.C16H23.C16H22.2C15H18.2U/c2*1-11-9-12-10-13(15(2,3)4)7-8-14(12)16(11,5)6;2*1-11-9-12-7-8-13(15(2,3)4)10-14(12)16(11,5)6;1-10-8-12-9-13(15(3,4)5)6-7-14(12)11(10)2;1-10-8-12-6-7-13(15(3,4)5)9-14(12)11(10)2;;/h7-8,10H,9H2,1-6H3;7-8,10H,1,9H2,2-6H3;7-8,10H,9H2,1-6H3;7-8,10H,1,9H2,2-6H3;2*6-7,9H,1-2,8H2,3-5H3;;/q-1;;-1;;;;;. The van der Waals surface area contributed by atoms with Crippen LogP contribution in [0.2, 0.25) is 0 Å². The van der Waals surface area contributed by atoms with Crippen LogP contribution in [0.25, 0.3) is 11.1 Å². The van der Waals surface area contributed by atoms with E-state index in [1.165, 1.54) is 111 Å². The molecule has 96 heavy (non-hydrogen) atoms. The van der Waals surface area contributed by atoms with E-state index >= 15 is 0 Å². The van der Waals surface area contributed by atoms with Crippen LogP contribution in [0.5, 0.6) is 0 Å². The molecule has 512 valence electrons. The van der Waals surface area contributed by atoms with Crippen LogP contribution in [0.15, 0.2) is 171 Å². The van der Waals surface area contributed by atoms with E-state index in [1.54, 1.807) is 11.8 Å². The largest absolute Gasteiger partial charge is 0.303 e. The van der Waals surface area contributed by atoms with Crippen molar-refractivity contribution in [3.8, 4) is 0 Å². The van der Waals surface area contributed by atoms with Gasteiger partial charge in [0.15, 0.2) is 0 Å². The van der Waals surface area contributed by atoms with E-state index in [4.69, 9.17) is 0 Å². The molecule has 0 saturated carbocycles. The first-order chi connectivity index (χ1) is 42.7. The smallest absolute Gasteiger partial charge is 0.0109 e. The molecule has 0 aliphatic heterocycles. The Morgan fingerprint density at radius 3 is 1.07 bits per heavy atom. The molecule has 0 nitrogen and oxygen atoms in total. The van der Waals surface area contributed by atoms with Crippen LogP contribution in [0.4, 0.5) is 0 Å². The molecule has 0 spiro atoms. The molecule has 6 aliphatic rings. The first-order valence-electron chi connectivity index (χ1n) is 35.3. The van der Waals surface area contributed by atoms with Gasteiger partial charge in [-0.2, -0.15) is 26.7 Å². The molecule has 0 N–H and O–H groups in total. The molecule has 0 radical (unpaired) electrons. The van der Waals surface area contributed by atoms with E-state index < -0.39 is 0 Å². The summed E-state index contributed by atoms with van der Waals surface area (Å²) in [4.78, 5) is 0. The average molecular weight is 1730 g/mol. The van der Waals surface area contributed by atoms with Gasteiger partial charge in [-0.3, -0.25) is 0 Å². The first kappa shape index (κ1) is 82.5. The van der Waals surface area contributed by atoms with E-state index in [0.29, 0.717) is 0 Å². The zero-order valence-corrected chi connectivity index (χ0v) is 74.2. The van der Waals surface area contributed by atoms with Crippen molar-refractivity contribution in [1.82, 2.24) is 0 Å². The summed E-state index contributed by atoms with van der Waals surface area (Å²) in [5.74, 6) is 3.18. The predicted octanol–water partition coefficient (Wildman–Crippen LogP) is 25.8. The van der Waals surface area contributed by atoms with Crippen LogP contribution in [-0.4, -0.2) is 0 Å². The summed E-state index contributed by atoms with van der Waals surface area (Å²) in [6, 6.07) is 41.4. The molecule has 0 amide bonds. The average Bonchev–Trinajstić information content (AvgIpc) is 1.63. The number of allylic oxidation sites excluding steroid dienone is 6. The van der Waals surface area contributed by atoms with E-state index in [0.717, 1.165) is 60.8 Å². The minimum Gasteiger partial charge on any atom is -0.303 e. The van der Waals surface area contributed by atoms with Crippen molar-refractivity contribution < 1.29 is 62.2 Å². The first-order valence-corrected chi connectivity index (χ1v) is 35.3. The molecular formula is C94H126U2-2. The Kier molecular flexibility index (Phi) is 25.3. The van der Waals surface area contributed by atoms with E-state index in [-0.39, 0.29) is 116 Å². The van der Waals surface area contributed by atoms with Crippen molar-refractivity contribution in [2.24, 2.45) is 0 Å². The van der Waals surface area contributed by atoms with E-state index in [9.17, 15) is 0 Å². The molecule has 12 rings (SSSR count). The minimum absolute atomic E-state index is 0. The third kappa shape index (κ3) is 18.1. The molecule has 6 aliphatic carbocycles. The van der Waals surface area contributed by atoms with Gasteiger partial charge in [-0.25, -0.2) is 0 Å². The molecule has 0 aromatic heterocycles. The van der Waals surface area contributed by atoms with Crippen LogP contribution in [-0.2, 0) is 92.7 Å². The Morgan fingerprint density at radius 2 is 0.604 bits per heavy atom. The van der Waals surface area contributed by atoms with Crippen molar-refractivity contribution in [2.45, 2.75) is 287 Å². The summed E-state index contributed by atoms with van der Waals surface area (Å²) in [6.07, 6.45) is 6.36. The Hall–Kier alpha value is -4.14.